The van der Waals surface area contributed by atoms with E-state index in [0.717, 1.165) is 77.6 Å². The fourth-order valence-electron chi connectivity index (χ4n) is 7.82. The molecule has 11 rings (SSSR count). The standard InChI is InChI=1S/C54H34N6O/c1-5-15-37(16-6-1)49-55-50(38-17-7-2-8-18-38)58-53(57-49)41-29-25-35(26-30-41)43-33-34-46-48(44-23-13-14-24-45(44)61-46)47(43)36-27-31-42(32-28-36)54-59-51(39-19-9-3-10-20-39)56-52(60-54)40-21-11-4-12-22-40/h1-34H. The summed E-state index contributed by atoms with van der Waals surface area (Å²) in [7, 11) is 0. The van der Waals surface area contributed by atoms with Crippen molar-refractivity contribution in [2.45, 2.75) is 0 Å². The Morgan fingerprint density at radius 1 is 0.246 bits per heavy atom. The van der Waals surface area contributed by atoms with Crippen molar-refractivity contribution in [3.05, 3.63) is 206 Å². The number of hydrogen-bond acceptors (Lipinski definition) is 7. The summed E-state index contributed by atoms with van der Waals surface area (Å²) in [5, 5.41) is 2.11. The van der Waals surface area contributed by atoms with Crippen molar-refractivity contribution in [2.75, 3.05) is 0 Å². The van der Waals surface area contributed by atoms with Gasteiger partial charge in [-0.25, -0.2) is 29.9 Å². The highest BCUT2D eigenvalue weighted by atomic mass is 16.3. The Morgan fingerprint density at radius 3 is 0.984 bits per heavy atom. The highest BCUT2D eigenvalue weighted by Gasteiger charge is 2.20. The van der Waals surface area contributed by atoms with Crippen LogP contribution in [0.1, 0.15) is 0 Å². The molecule has 0 unspecified atom stereocenters. The number of hydrogen-bond donors (Lipinski definition) is 0. The summed E-state index contributed by atoms with van der Waals surface area (Å²) in [6.07, 6.45) is 0. The molecular weight excluding hydrogens is 749 g/mol. The molecule has 0 fully saturated rings. The molecule has 3 heterocycles. The van der Waals surface area contributed by atoms with Crippen LogP contribution in [0.25, 0.3) is 113 Å². The van der Waals surface area contributed by atoms with Crippen molar-refractivity contribution >= 4 is 21.9 Å². The summed E-state index contributed by atoms with van der Waals surface area (Å²) in [6.45, 7) is 0. The third-order valence-electron chi connectivity index (χ3n) is 10.8. The van der Waals surface area contributed by atoms with Crippen LogP contribution in [0.15, 0.2) is 211 Å². The van der Waals surface area contributed by atoms with Crippen molar-refractivity contribution in [2.24, 2.45) is 0 Å². The quantitative estimate of drug-likeness (QED) is 0.152. The maximum absolute atomic E-state index is 6.43. The van der Waals surface area contributed by atoms with Crippen LogP contribution in [0.5, 0.6) is 0 Å². The van der Waals surface area contributed by atoms with E-state index in [9.17, 15) is 0 Å². The molecule has 0 bridgehead atoms. The van der Waals surface area contributed by atoms with Gasteiger partial charge < -0.3 is 4.42 Å². The molecule has 0 aliphatic rings. The molecule has 0 radical (unpaired) electrons. The molecule has 61 heavy (non-hydrogen) atoms. The van der Waals surface area contributed by atoms with Crippen LogP contribution in [-0.2, 0) is 0 Å². The average Bonchev–Trinajstić information content (AvgIpc) is 3.73. The predicted molar refractivity (Wildman–Crippen MR) is 244 cm³/mol. The molecule has 11 aromatic rings. The molecular formula is C54H34N6O. The Morgan fingerprint density at radius 2 is 0.574 bits per heavy atom. The normalized spacial score (nSPS) is 11.3. The number of aromatic nitrogens is 6. The highest BCUT2D eigenvalue weighted by Crippen LogP contribution is 2.43. The Hall–Kier alpha value is -8.42. The summed E-state index contributed by atoms with van der Waals surface area (Å²) < 4.78 is 6.43. The van der Waals surface area contributed by atoms with Crippen molar-refractivity contribution in [1.29, 1.82) is 0 Å². The number of para-hydroxylation sites is 1. The van der Waals surface area contributed by atoms with E-state index in [1.54, 1.807) is 0 Å². The van der Waals surface area contributed by atoms with Gasteiger partial charge in [0.05, 0.1) is 0 Å². The number of rotatable bonds is 8. The lowest BCUT2D eigenvalue weighted by molar-refractivity contribution is 0.669. The highest BCUT2D eigenvalue weighted by molar-refractivity contribution is 6.16. The van der Waals surface area contributed by atoms with Crippen LogP contribution in [-0.4, -0.2) is 29.9 Å². The van der Waals surface area contributed by atoms with Gasteiger partial charge >= 0.3 is 0 Å². The molecule has 0 amide bonds. The van der Waals surface area contributed by atoms with Crippen molar-refractivity contribution in [1.82, 2.24) is 29.9 Å². The zero-order valence-electron chi connectivity index (χ0n) is 32.7. The molecule has 286 valence electrons. The Labute approximate surface area is 351 Å². The van der Waals surface area contributed by atoms with E-state index in [-0.39, 0.29) is 0 Å². The monoisotopic (exact) mass is 782 g/mol. The Balaban J connectivity index is 1.02. The van der Waals surface area contributed by atoms with Crippen LogP contribution >= 0.6 is 0 Å². The number of furan rings is 1. The molecule has 0 aliphatic heterocycles. The largest absolute Gasteiger partial charge is 0.456 e. The van der Waals surface area contributed by atoms with Crippen LogP contribution < -0.4 is 0 Å². The summed E-state index contributed by atoms with van der Waals surface area (Å²) in [5.74, 6) is 3.71. The SMILES string of the molecule is c1ccc(-c2nc(-c3ccccc3)nc(-c3ccc(-c4ccc5oc6ccccc6c5c4-c4ccc(-c5nc(-c6ccccc6)nc(-c6ccccc6)n5)cc4)cc3)n2)cc1. The molecule has 0 atom stereocenters. The first-order valence-corrected chi connectivity index (χ1v) is 20.1. The molecule has 7 heteroatoms. The maximum atomic E-state index is 6.43. The van der Waals surface area contributed by atoms with E-state index in [2.05, 4.69) is 72.8 Å². The van der Waals surface area contributed by atoms with Crippen molar-refractivity contribution in [3.63, 3.8) is 0 Å². The van der Waals surface area contributed by atoms with Gasteiger partial charge in [0.15, 0.2) is 34.9 Å². The molecule has 0 spiro atoms. The lowest BCUT2D eigenvalue weighted by Crippen LogP contribution is -2.00. The van der Waals surface area contributed by atoms with Gasteiger partial charge in [-0.05, 0) is 28.8 Å². The summed E-state index contributed by atoms with van der Waals surface area (Å²) >= 11 is 0. The Kier molecular flexibility index (Phi) is 9.02. The minimum atomic E-state index is 0.603. The zero-order chi connectivity index (χ0) is 40.5. The first-order valence-electron chi connectivity index (χ1n) is 20.1. The van der Waals surface area contributed by atoms with Crippen molar-refractivity contribution in [3.8, 4) is 90.6 Å². The fraction of sp³-hybridized carbons (Fsp3) is 0. The lowest BCUT2D eigenvalue weighted by Gasteiger charge is -2.14. The minimum Gasteiger partial charge on any atom is -0.456 e. The number of nitrogens with zero attached hydrogens (tertiary/aromatic N) is 6. The average molecular weight is 783 g/mol. The van der Waals surface area contributed by atoms with Gasteiger partial charge in [-0.1, -0.05) is 194 Å². The van der Waals surface area contributed by atoms with Gasteiger partial charge in [-0.2, -0.15) is 0 Å². The van der Waals surface area contributed by atoms with Gasteiger partial charge in [-0.15, -0.1) is 0 Å². The zero-order valence-corrected chi connectivity index (χ0v) is 32.7. The summed E-state index contributed by atoms with van der Waals surface area (Å²) in [5.41, 5.74) is 11.4. The maximum Gasteiger partial charge on any atom is 0.164 e. The summed E-state index contributed by atoms with van der Waals surface area (Å²) in [4.78, 5) is 29.6. The van der Waals surface area contributed by atoms with Gasteiger partial charge in [-0.3, -0.25) is 0 Å². The van der Waals surface area contributed by atoms with Gasteiger partial charge in [0.2, 0.25) is 0 Å². The fourth-order valence-corrected chi connectivity index (χ4v) is 7.82. The molecule has 3 aromatic heterocycles. The predicted octanol–water partition coefficient (Wildman–Crippen LogP) is 13.3. The molecule has 8 aromatic carbocycles. The summed E-state index contributed by atoms with van der Waals surface area (Å²) in [6, 6.07) is 69.5. The van der Waals surface area contributed by atoms with E-state index in [0.29, 0.717) is 34.9 Å². The van der Waals surface area contributed by atoms with Crippen LogP contribution in [0.3, 0.4) is 0 Å². The molecule has 0 saturated carbocycles. The van der Waals surface area contributed by atoms with E-state index in [1.165, 1.54) is 0 Å². The number of fused-ring (bicyclic) bond motifs is 3. The van der Waals surface area contributed by atoms with E-state index in [4.69, 9.17) is 34.3 Å². The smallest absolute Gasteiger partial charge is 0.164 e. The van der Waals surface area contributed by atoms with Crippen LogP contribution in [0.2, 0.25) is 0 Å². The third-order valence-corrected chi connectivity index (χ3v) is 10.8. The first kappa shape index (κ1) is 35.7. The minimum absolute atomic E-state index is 0.603. The number of benzene rings is 8. The topological polar surface area (TPSA) is 90.5 Å². The molecule has 7 nitrogen and oxygen atoms in total. The molecule has 0 saturated heterocycles. The third kappa shape index (κ3) is 6.90. The lowest BCUT2D eigenvalue weighted by atomic mass is 9.90. The molecule has 0 N–H and O–H groups in total. The van der Waals surface area contributed by atoms with Gasteiger partial charge in [0.1, 0.15) is 11.2 Å². The molecule has 0 aliphatic carbocycles. The first-order chi connectivity index (χ1) is 30.2. The second kappa shape index (κ2) is 15.4. The van der Waals surface area contributed by atoms with Gasteiger partial charge in [0, 0.05) is 49.7 Å². The van der Waals surface area contributed by atoms with Crippen LogP contribution in [0, 0.1) is 0 Å². The van der Waals surface area contributed by atoms with Crippen molar-refractivity contribution < 1.29 is 4.42 Å². The van der Waals surface area contributed by atoms with Crippen LogP contribution in [0.4, 0.5) is 0 Å². The second-order valence-corrected chi connectivity index (χ2v) is 14.7. The second-order valence-electron chi connectivity index (χ2n) is 14.7. The van der Waals surface area contributed by atoms with E-state index < -0.39 is 0 Å². The van der Waals surface area contributed by atoms with E-state index in [1.807, 2.05) is 133 Å². The Bertz CT molecular complexity index is 3200. The van der Waals surface area contributed by atoms with Gasteiger partial charge in [0.25, 0.3) is 0 Å². The van der Waals surface area contributed by atoms with E-state index >= 15 is 0 Å².